The third-order valence-electron chi connectivity index (χ3n) is 2.88. The van der Waals surface area contributed by atoms with Crippen LogP contribution in [0.3, 0.4) is 0 Å². The zero-order valence-electron chi connectivity index (χ0n) is 12.1. The van der Waals surface area contributed by atoms with E-state index in [4.69, 9.17) is 0 Å². The van der Waals surface area contributed by atoms with Gasteiger partial charge in [0, 0.05) is 6.54 Å². The fraction of sp³-hybridized carbons (Fsp3) is 0.615. The van der Waals surface area contributed by atoms with Gasteiger partial charge in [-0.3, -0.25) is 0 Å². The average molecular weight is 319 g/mol. The van der Waals surface area contributed by atoms with E-state index >= 15 is 0 Å². The van der Waals surface area contributed by atoms with Gasteiger partial charge in [-0.1, -0.05) is 26.2 Å². The van der Waals surface area contributed by atoms with Crippen LogP contribution < -0.4 is 4.72 Å². The lowest BCUT2D eigenvalue weighted by Crippen LogP contribution is -2.26. The fourth-order valence-electron chi connectivity index (χ4n) is 1.83. The molecule has 0 aliphatic carbocycles. The van der Waals surface area contributed by atoms with E-state index in [9.17, 15) is 13.2 Å². The zero-order chi connectivity index (χ0) is 15.2. The zero-order valence-corrected chi connectivity index (χ0v) is 13.7. The second-order valence-corrected chi connectivity index (χ2v) is 7.11. The highest BCUT2D eigenvalue weighted by molar-refractivity contribution is 7.89. The van der Waals surface area contributed by atoms with E-state index in [-0.39, 0.29) is 9.77 Å². The normalized spacial score (nSPS) is 11.6. The van der Waals surface area contributed by atoms with Crippen molar-refractivity contribution in [3.8, 4) is 0 Å². The summed E-state index contributed by atoms with van der Waals surface area (Å²) in [6, 6.07) is 0. The van der Waals surface area contributed by atoms with Crippen molar-refractivity contribution in [2.75, 3.05) is 13.7 Å². The number of thiophene rings is 1. The Morgan fingerprint density at radius 2 is 2.05 bits per heavy atom. The molecule has 0 aliphatic heterocycles. The Hall–Kier alpha value is -0.920. The van der Waals surface area contributed by atoms with E-state index in [0.29, 0.717) is 12.1 Å². The van der Waals surface area contributed by atoms with Gasteiger partial charge in [0.15, 0.2) is 0 Å². The predicted octanol–water partition coefficient (Wildman–Crippen LogP) is 2.70. The number of aryl methyl sites for hydroxylation is 1. The number of methoxy groups -OCH3 is 1. The topological polar surface area (TPSA) is 72.5 Å². The molecule has 0 atom stereocenters. The molecule has 0 radical (unpaired) electrons. The maximum atomic E-state index is 12.3. The Bertz CT molecular complexity index is 549. The Morgan fingerprint density at radius 1 is 1.35 bits per heavy atom. The van der Waals surface area contributed by atoms with Gasteiger partial charge in [-0.05, 0) is 24.3 Å². The van der Waals surface area contributed by atoms with Crippen LogP contribution in [0.2, 0.25) is 0 Å². The second kappa shape index (κ2) is 7.75. The lowest BCUT2D eigenvalue weighted by atomic mass is 10.2. The van der Waals surface area contributed by atoms with E-state index in [1.165, 1.54) is 7.11 Å². The standard InChI is InChI=1S/C13H21NO4S2/c1-4-5-6-7-8-14-20(16,17)12-10(2)9-19-11(12)13(15)18-3/h9,14H,4-8H2,1-3H3. The van der Waals surface area contributed by atoms with Gasteiger partial charge in [0.1, 0.15) is 9.77 Å². The molecule has 0 aromatic carbocycles. The molecule has 0 fully saturated rings. The first-order valence-corrected chi connectivity index (χ1v) is 8.96. The molecule has 1 rings (SSSR count). The molecule has 0 saturated heterocycles. The van der Waals surface area contributed by atoms with Crippen molar-refractivity contribution in [3.05, 3.63) is 15.8 Å². The minimum atomic E-state index is -3.66. The largest absolute Gasteiger partial charge is 0.465 e. The average Bonchev–Trinajstić information content (AvgIpc) is 2.80. The first kappa shape index (κ1) is 17.1. The highest BCUT2D eigenvalue weighted by Gasteiger charge is 2.26. The molecule has 114 valence electrons. The van der Waals surface area contributed by atoms with Crippen LogP contribution in [0.15, 0.2) is 10.3 Å². The van der Waals surface area contributed by atoms with Crippen molar-refractivity contribution in [1.29, 1.82) is 0 Å². The summed E-state index contributed by atoms with van der Waals surface area (Å²) in [6.45, 7) is 4.16. The van der Waals surface area contributed by atoms with Crippen LogP contribution in [0.4, 0.5) is 0 Å². The molecular weight excluding hydrogens is 298 g/mol. The molecule has 0 amide bonds. The van der Waals surface area contributed by atoms with Crippen LogP contribution in [0, 0.1) is 6.92 Å². The van der Waals surface area contributed by atoms with Crippen LogP contribution in [-0.4, -0.2) is 28.0 Å². The summed E-state index contributed by atoms with van der Waals surface area (Å²) in [5, 5.41) is 1.65. The molecule has 1 N–H and O–H groups in total. The number of hydrogen-bond acceptors (Lipinski definition) is 5. The number of hydrogen-bond donors (Lipinski definition) is 1. The Morgan fingerprint density at radius 3 is 2.65 bits per heavy atom. The Balaban J connectivity index is 2.82. The highest BCUT2D eigenvalue weighted by atomic mass is 32.2. The summed E-state index contributed by atoms with van der Waals surface area (Å²) in [5.74, 6) is -0.616. The number of carbonyl (C=O) groups excluding carboxylic acids is 1. The summed E-state index contributed by atoms with van der Waals surface area (Å²) < 4.78 is 31.7. The lowest BCUT2D eigenvalue weighted by molar-refractivity contribution is 0.0602. The van der Waals surface area contributed by atoms with Crippen molar-refractivity contribution in [2.24, 2.45) is 0 Å². The molecule has 1 aromatic rings. The number of carbonyl (C=O) groups is 1. The molecule has 0 aliphatic rings. The van der Waals surface area contributed by atoms with Crippen molar-refractivity contribution < 1.29 is 17.9 Å². The molecule has 0 bridgehead atoms. The molecule has 0 spiro atoms. The number of unbranched alkanes of at least 4 members (excludes halogenated alkanes) is 3. The Labute approximate surface area is 124 Å². The van der Waals surface area contributed by atoms with Gasteiger partial charge in [0.05, 0.1) is 7.11 Å². The summed E-state index contributed by atoms with van der Waals surface area (Å²) in [5.41, 5.74) is 0.566. The van der Waals surface area contributed by atoms with Crippen LogP contribution in [0.1, 0.15) is 47.8 Å². The summed E-state index contributed by atoms with van der Waals surface area (Å²) >= 11 is 1.09. The van der Waals surface area contributed by atoms with E-state index in [2.05, 4.69) is 16.4 Å². The maximum Gasteiger partial charge on any atom is 0.349 e. The third kappa shape index (κ3) is 4.29. The summed E-state index contributed by atoms with van der Waals surface area (Å²) in [6.07, 6.45) is 3.98. The predicted molar refractivity (Wildman–Crippen MR) is 79.7 cm³/mol. The second-order valence-electron chi connectivity index (χ2n) is 4.53. The maximum absolute atomic E-state index is 12.3. The quantitative estimate of drug-likeness (QED) is 0.590. The highest BCUT2D eigenvalue weighted by Crippen LogP contribution is 2.27. The smallest absolute Gasteiger partial charge is 0.349 e. The first-order valence-electron chi connectivity index (χ1n) is 6.60. The monoisotopic (exact) mass is 319 g/mol. The number of rotatable bonds is 8. The molecule has 5 nitrogen and oxygen atoms in total. The van der Waals surface area contributed by atoms with E-state index in [0.717, 1.165) is 37.0 Å². The Kier molecular flexibility index (Phi) is 6.64. The van der Waals surface area contributed by atoms with Gasteiger partial charge in [0.2, 0.25) is 10.0 Å². The SMILES string of the molecule is CCCCCCNS(=O)(=O)c1c(C)csc1C(=O)OC. The van der Waals surface area contributed by atoms with Crippen LogP contribution in [0.5, 0.6) is 0 Å². The number of esters is 1. The molecule has 1 heterocycles. The molecule has 0 unspecified atom stereocenters. The molecule has 7 heteroatoms. The molecule has 20 heavy (non-hydrogen) atoms. The van der Waals surface area contributed by atoms with Gasteiger partial charge in [-0.15, -0.1) is 11.3 Å². The third-order valence-corrected chi connectivity index (χ3v) is 5.73. The van der Waals surface area contributed by atoms with Gasteiger partial charge < -0.3 is 4.74 Å². The van der Waals surface area contributed by atoms with Crippen LogP contribution in [-0.2, 0) is 14.8 Å². The van der Waals surface area contributed by atoms with Crippen molar-refractivity contribution >= 4 is 27.3 Å². The fourth-order valence-corrected chi connectivity index (χ4v) is 4.61. The molecule has 1 aromatic heterocycles. The summed E-state index contributed by atoms with van der Waals surface area (Å²) in [7, 11) is -2.42. The van der Waals surface area contributed by atoms with Gasteiger partial charge >= 0.3 is 5.97 Å². The number of nitrogens with one attached hydrogen (secondary N) is 1. The molecule has 0 saturated carbocycles. The first-order chi connectivity index (χ1) is 9.44. The van der Waals surface area contributed by atoms with E-state index < -0.39 is 16.0 Å². The number of ether oxygens (including phenoxy) is 1. The summed E-state index contributed by atoms with van der Waals surface area (Å²) in [4.78, 5) is 11.8. The van der Waals surface area contributed by atoms with Gasteiger partial charge in [-0.2, -0.15) is 0 Å². The van der Waals surface area contributed by atoms with Crippen molar-refractivity contribution in [3.63, 3.8) is 0 Å². The minimum Gasteiger partial charge on any atom is -0.465 e. The van der Waals surface area contributed by atoms with Crippen LogP contribution >= 0.6 is 11.3 Å². The van der Waals surface area contributed by atoms with Crippen LogP contribution in [0.25, 0.3) is 0 Å². The van der Waals surface area contributed by atoms with E-state index in [1.54, 1.807) is 12.3 Å². The van der Waals surface area contributed by atoms with Crippen molar-refractivity contribution in [1.82, 2.24) is 4.72 Å². The van der Waals surface area contributed by atoms with Gasteiger partial charge in [-0.25, -0.2) is 17.9 Å². The lowest BCUT2D eigenvalue weighted by Gasteiger charge is -2.08. The minimum absolute atomic E-state index is 0.0461. The van der Waals surface area contributed by atoms with Crippen molar-refractivity contribution in [2.45, 2.75) is 44.4 Å². The number of sulfonamides is 1. The molecular formula is C13H21NO4S2. The van der Waals surface area contributed by atoms with E-state index in [1.807, 2.05) is 0 Å². The van der Waals surface area contributed by atoms with Gasteiger partial charge in [0.25, 0.3) is 0 Å².